The summed E-state index contributed by atoms with van der Waals surface area (Å²) in [5.74, 6) is 0. The number of nitrogens with zero attached hydrogens (tertiary/aromatic N) is 2. The van der Waals surface area contributed by atoms with Gasteiger partial charge in [0.1, 0.15) is 0 Å². The predicted octanol–water partition coefficient (Wildman–Crippen LogP) is 2.62. The van der Waals surface area contributed by atoms with Gasteiger partial charge in [0.05, 0.1) is 36.5 Å². The zero-order chi connectivity index (χ0) is 14.7. The first-order chi connectivity index (χ1) is 9.56. The van der Waals surface area contributed by atoms with Crippen molar-refractivity contribution >= 4 is 5.69 Å². The molecule has 1 aliphatic rings. The van der Waals surface area contributed by atoms with Crippen LogP contribution in [-0.4, -0.2) is 30.4 Å². The van der Waals surface area contributed by atoms with Crippen LogP contribution in [0.3, 0.4) is 0 Å². The zero-order valence-electron chi connectivity index (χ0n) is 12.3. The number of hydrogen-bond donors (Lipinski definition) is 1. The maximum absolute atomic E-state index is 9.98. The summed E-state index contributed by atoms with van der Waals surface area (Å²) in [6, 6.07) is 7.96. The highest BCUT2D eigenvalue weighted by Crippen LogP contribution is 2.31. The molecule has 20 heavy (non-hydrogen) atoms. The summed E-state index contributed by atoms with van der Waals surface area (Å²) in [6.07, 6.45) is 0.585. The minimum atomic E-state index is -0.548. The molecule has 0 aromatic heterocycles. The van der Waals surface area contributed by atoms with Crippen LogP contribution < -0.4 is 4.90 Å². The molecule has 1 saturated heterocycles. The monoisotopic (exact) mass is 274 g/mol. The molecule has 1 aromatic rings. The Hall–Kier alpha value is -1.57. The SMILES string of the molecule is CCC1COC(C)CN1c1cc(C#N)ccc1C(C)O. The smallest absolute Gasteiger partial charge is 0.0992 e. The molecule has 3 unspecified atom stereocenters. The van der Waals surface area contributed by atoms with Crippen LogP contribution in [0, 0.1) is 11.3 Å². The van der Waals surface area contributed by atoms with Gasteiger partial charge in [0, 0.05) is 17.8 Å². The molecule has 4 heteroatoms. The van der Waals surface area contributed by atoms with Crippen molar-refractivity contribution in [3.05, 3.63) is 29.3 Å². The molecule has 0 amide bonds. The van der Waals surface area contributed by atoms with Crippen LogP contribution >= 0.6 is 0 Å². The van der Waals surface area contributed by atoms with Gasteiger partial charge in [0.15, 0.2) is 0 Å². The molecule has 108 valence electrons. The van der Waals surface area contributed by atoms with Gasteiger partial charge >= 0.3 is 0 Å². The van der Waals surface area contributed by atoms with Gasteiger partial charge in [-0.15, -0.1) is 0 Å². The molecular weight excluding hydrogens is 252 g/mol. The third-order valence-electron chi connectivity index (χ3n) is 3.86. The maximum atomic E-state index is 9.98. The van der Waals surface area contributed by atoms with Crippen LogP contribution in [-0.2, 0) is 4.74 Å². The first-order valence-electron chi connectivity index (χ1n) is 7.17. The molecule has 2 rings (SSSR count). The molecule has 0 radical (unpaired) electrons. The van der Waals surface area contributed by atoms with E-state index in [1.165, 1.54) is 0 Å². The van der Waals surface area contributed by atoms with Crippen molar-refractivity contribution in [2.24, 2.45) is 0 Å². The van der Waals surface area contributed by atoms with Crippen molar-refractivity contribution in [1.82, 2.24) is 0 Å². The molecule has 0 saturated carbocycles. The summed E-state index contributed by atoms with van der Waals surface area (Å²) < 4.78 is 5.72. The van der Waals surface area contributed by atoms with E-state index in [4.69, 9.17) is 10.00 Å². The summed E-state index contributed by atoms with van der Waals surface area (Å²) in [5, 5.41) is 19.1. The van der Waals surface area contributed by atoms with E-state index in [9.17, 15) is 5.11 Å². The highest BCUT2D eigenvalue weighted by Gasteiger charge is 2.28. The van der Waals surface area contributed by atoms with E-state index in [0.29, 0.717) is 12.2 Å². The number of aliphatic hydroxyl groups is 1. The van der Waals surface area contributed by atoms with Crippen LogP contribution in [0.25, 0.3) is 0 Å². The third-order valence-corrected chi connectivity index (χ3v) is 3.86. The Bertz CT molecular complexity index is 508. The van der Waals surface area contributed by atoms with Crippen LogP contribution in [0.4, 0.5) is 5.69 Å². The summed E-state index contributed by atoms with van der Waals surface area (Å²) in [7, 11) is 0. The van der Waals surface area contributed by atoms with Crippen molar-refractivity contribution in [3.8, 4) is 6.07 Å². The lowest BCUT2D eigenvalue weighted by Gasteiger charge is -2.41. The average molecular weight is 274 g/mol. The van der Waals surface area contributed by atoms with Crippen molar-refractivity contribution in [2.45, 2.75) is 45.4 Å². The van der Waals surface area contributed by atoms with Gasteiger partial charge in [-0.2, -0.15) is 5.26 Å². The predicted molar refractivity (Wildman–Crippen MR) is 78.6 cm³/mol. The van der Waals surface area contributed by atoms with E-state index in [-0.39, 0.29) is 12.1 Å². The number of aliphatic hydroxyl groups excluding tert-OH is 1. The van der Waals surface area contributed by atoms with Gasteiger partial charge in [-0.25, -0.2) is 0 Å². The van der Waals surface area contributed by atoms with Gasteiger partial charge in [0.25, 0.3) is 0 Å². The lowest BCUT2D eigenvalue weighted by atomic mass is 10.0. The van der Waals surface area contributed by atoms with Crippen LogP contribution in [0.2, 0.25) is 0 Å². The van der Waals surface area contributed by atoms with Gasteiger partial charge in [-0.3, -0.25) is 0 Å². The fourth-order valence-corrected chi connectivity index (χ4v) is 2.69. The van der Waals surface area contributed by atoms with E-state index < -0.39 is 6.10 Å². The summed E-state index contributed by atoms with van der Waals surface area (Å²) in [5.41, 5.74) is 2.45. The van der Waals surface area contributed by atoms with E-state index >= 15 is 0 Å². The molecule has 4 nitrogen and oxygen atoms in total. The number of ether oxygens (including phenoxy) is 1. The normalized spacial score (nSPS) is 24.2. The van der Waals surface area contributed by atoms with Crippen LogP contribution in [0.5, 0.6) is 0 Å². The topological polar surface area (TPSA) is 56.5 Å². The number of rotatable bonds is 3. The summed E-state index contributed by atoms with van der Waals surface area (Å²) in [4.78, 5) is 2.27. The highest BCUT2D eigenvalue weighted by molar-refractivity contribution is 5.59. The van der Waals surface area contributed by atoms with Crippen molar-refractivity contribution in [2.75, 3.05) is 18.1 Å². The average Bonchev–Trinajstić information content (AvgIpc) is 2.46. The first kappa shape index (κ1) is 14.8. The molecule has 0 aliphatic carbocycles. The Labute approximate surface area is 120 Å². The zero-order valence-corrected chi connectivity index (χ0v) is 12.3. The summed E-state index contributed by atoms with van der Waals surface area (Å²) in [6.45, 7) is 7.42. The second-order valence-electron chi connectivity index (χ2n) is 5.42. The number of hydrogen-bond acceptors (Lipinski definition) is 4. The standard InChI is InChI=1S/C16H22N2O2/c1-4-14-10-20-11(2)9-18(14)16-7-13(8-17)5-6-15(16)12(3)19/h5-7,11-12,14,19H,4,9-10H2,1-3H3. The Morgan fingerprint density at radius 1 is 1.55 bits per heavy atom. The molecule has 1 heterocycles. The molecule has 0 bridgehead atoms. The lowest BCUT2D eigenvalue weighted by Crippen LogP contribution is -2.49. The Kier molecular flexibility index (Phi) is 4.64. The summed E-state index contributed by atoms with van der Waals surface area (Å²) >= 11 is 0. The molecular formula is C16H22N2O2. The first-order valence-corrected chi connectivity index (χ1v) is 7.17. The molecule has 0 spiro atoms. The van der Waals surface area contributed by atoms with E-state index in [2.05, 4.69) is 24.8 Å². The second-order valence-corrected chi connectivity index (χ2v) is 5.42. The highest BCUT2D eigenvalue weighted by atomic mass is 16.5. The Morgan fingerprint density at radius 2 is 2.30 bits per heavy atom. The maximum Gasteiger partial charge on any atom is 0.0992 e. The quantitative estimate of drug-likeness (QED) is 0.920. The molecule has 3 atom stereocenters. The van der Waals surface area contributed by atoms with Crippen molar-refractivity contribution in [3.63, 3.8) is 0 Å². The van der Waals surface area contributed by atoms with Gasteiger partial charge in [-0.05, 0) is 32.4 Å². The lowest BCUT2D eigenvalue weighted by molar-refractivity contribution is 0.0297. The fourth-order valence-electron chi connectivity index (χ4n) is 2.69. The van der Waals surface area contributed by atoms with Gasteiger partial charge in [-0.1, -0.05) is 13.0 Å². The second kappa shape index (κ2) is 6.25. The van der Waals surface area contributed by atoms with E-state index in [0.717, 1.165) is 24.2 Å². The van der Waals surface area contributed by atoms with E-state index in [1.54, 1.807) is 13.0 Å². The Morgan fingerprint density at radius 3 is 2.90 bits per heavy atom. The van der Waals surface area contributed by atoms with Gasteiger partial charge < -0.3 is 14.7 Å². The number of benzene rings is 1. The number of nitriles is 1. The molecule has 1 fully saturated rings. The van der Waals surface area contributed by atoms with Crippen LogP contribution in [0.15, 0.2) is 18.2 Å². The van der Waals surface area contributed by atoms with Crippen LogP contribution in [0.1, 0.15) is 44.4 Å². The van der Waals surface area contributed by atoms with Gasteiger partial charge in [0.2, 0.25) is 0 Å². The molecule has 1 aromatic carbocycles. The minimum Gasteiger partial charge on any atom is -0.389 e. The van der Waals surface area contributed by atoms with E-state index in [1.807, 2.05) is 12.1 Å². The van der Waals surface area contributed by atoms with Crippen molar-refractivity contribution < 1.29 is 9.84 Å². The fraction of sp³-hybridized carbons (Fsp3) is 0.562. The Balaban J connectivity index is 2.44. The largest absolute Gasteiger partial charge is 0.389 e. The molecule has 1 N–H and O–H groups in total. The minimum absolute atomic E-state index is 0.158. The molecule has 1 aliphatic heterocycles. The number of anilines is 1. The number of morpholine rings is 1. The van der Waals surface area contributed by atoms with Crippen molar-refractivity contribution in [1.29, 1.82) is 5.26 Å². The third kappa shape index (κ3) is 2.95.